The number of hydrogen-bond acceptors (Lipinski definition) is 4. The number of hydrogen-bond donors (Lipinski definition) is 3. The summed E-state index contributed by atoms with van der Waals surface area (Å²) in [4.78, 5) is 12.2. The largest absolute Gasteiger partial charge is 0.489 e. The molecule has 0 radical (unpaired) electrons. The van der Waals surface area contributed by atoms with Crippen LogP contribution in [0, 0.1) is 19.7 Å². The van der Waals surface area contributed by atoms with Crippen LogP contribution in [-0.4, -0.2) is 30.8 Å². The molecule has 0 aliphatic rings. The summed E-state index contributed by atoms with van der Waals surface area (Å²) in [5, 5.41) is 14.7. The van der Waals surface area contributed by atoms with Gasteiger partial charge in [-0.1, -0.05) is 18.2 Å². The summed E-state index contributed by atoms with van der Waals surface area (Å²) in [6, 6.07) is 9.98. The Morgan fingerprint density at radius 1 is 1.19 bits per heavy atom. The second-order valence-corrected chi connectivity index (χ2v) is 6.20. The minimum Gasteiger partial charge on any atom is -0.489 e. The van der Waals surface area contributed by atoms with Crippen LogP contribution in [0.3, 0.4) is 0 Å². The van der Waals surface area contributed by atoms with E-state index in [2.05, 4.69) is 16.7 Å². The molecule has 1 amide bonds. The lowest BCUT2D eigenvalue weighted by Gasteiger charge is -2.17. The molecule has 0 aliphatic heterocycles. The van der Waals surface area contributed by atoms with Crippen LogP contribution < -0.4 is 15.4 Å². The minimum atomic E-state index is -0.448. The van der Waals surface area contributed by atoms with Crippen molar-refractivity contribution in [3.05, 3.63) is 58.9 Å². The first kappa shape index (κ1) is 19.7. The maximum Gasteiger partial charge on any atom is 0.239 e. The van der Waals surface area contributed by atoms with Gasteiger partial charge in [0.1, 0.15) is 18.2 Å². The Morgan fingerprint density at radius 3 is 2.65 bits per heavy atom. The number of aryl methyl sites for hydroxylation is 2. The Bertz CT molecular complexity index is 765. The molecule has 2 aromatic rings. The number of carbonyl (C=O) groups excluding carboxylic acids is 1. The molecule has 6 heteroatoms. The topological polar surface area (TPSA) is 70.6 Å². The average molecular weight is 360 g/mol. The van der Waals surface area contributed by atoms with Gasteiger partial charge in [-0.2, -0.15) is 0 Å². The van der Waals surface area contributed by atoms with E-state index in [0.717, 1.165) is 5.56 Å². The fourth-order valence-electron chi connectivity index (χ4n) is 2.50. The zero-order valence-corrected chi connectivity index (χ0v) is 15.3. The van der Waals surface area contributed by atoms with E-state index in [1.165, 1.54) is 29.3 Å². The second-order valence-electron chi connectivity index (χ2n) is 6.20. The van der Waals surface area contributed by atoms with Gasteiger partial charge in [0, 0.05) is 6.07 Å². The van der Waals surface area contributed by atoms with E-state index in [1.54, 1.807) is 0 Å². The van der Waals surface area contributed by atoms with Gasteiger partial charge in [0.15, 0.2) is 0 Å². The lowest BCUT2D eigenvalue weighted by Crippen LogP contribution is -2.32. The zero-order chi connectivity index (χ0) is 19.1. The summed E-state index contributed by atoms with van der Waals surface area (Å²) in [6.45, 7) is 5.91. The van der Waals surface area contributed by atoms with Crippen molar-refractivity contribution in [1.82, 2.24) is 5.32 Å². The molecule has 3 N–H and O–H groups in total. The first-order chi connectivity index (χ1) is 12.4. The summed E-state index contributed by atoms with van der Waals surface area (Å²) in [7, 11) is 0. The van der Waals surface area contributed by atoms with Gasteiger partial charge in [-0.05, 0) is 49.6 Å². The fourth-order valence-corrected chi connectivity index (χ4v) is 2.50. The zero-order valence-electron chi connectivity index (χ0n) is 15.3. The van der Waals surface area contributed by atoms with Crippen molar-refractivity contribution in [2.45, 2.75) is 26.8 Å². The number of halogens is 1. The molecule has 0 bridgehead atoms. The van der Waals surface area contributed by atoms with Gasteiger partial charge >= 0.3 is 0 Å². The van der Waals surface area contributed by atoms with Gasteiger partial charge in [0.05, 0.1) is 24.9 Å². The number of amides is 1. The van der Waals surface area contributed by atoms with E-state index in [1.807, 2.05) is 32.9 Å². The van der Waals surface area contributed by atoms with Crippen LogP contribution in [0.15, 0.2) is 36.4 Å². The highest BCUT2D eigenvalue weighted by molar-refractivity contribution is 5.81. The third-order valence-corrected chi connectivity index (χ3v) is 4.14. The Labute approximate surface area is 153 Å². The highest BCUT2D eigenvalue weighted by Crippen LogP contribution is 2.25. The minimum absolute atomic E-state index is 0.0241. The van der Waals surface area contributed by atoms with Gasteiger partial charge in [0.2, 0.25) is 5.91 Å². The predicted octanol–water partition coefficient (Wildman–Crippen LogP) is 3.10. The molecule has 0 heterocycles. The van der Waals surface area contributed by atoms with Crippen molar-refractivity contribution in [2.24, 2.45) is 0 Å². The second kappa shape index (κ2) is 9.20. The van der Waals surface area contributed by atoms with Gasteiger partial charge in [0.25, 0.3) is 0 Å². The highest BCUT2D eigenvalue weighted by atomic mass is 19.1. The van der Waals surface area contributed by atoms with Crippen LogP contribution >= 0.6 is 0 Å². The number of aliphatic hydroxyl groups is 1. The third kappa shape index (κ3) is 5.46. The van der Waals surface area contributed by atoms with Crippen molar-refractivity contribution in [3.63, 3.8) is 0 Å². The molecule has 0 aliphatic carbocycles. The molecule has 5 nitrogen and oxygen atoms in total. The molecule has 0 saturated heterocycles. The predicted molar refractivity (Wildman–Crippen MR) is 99.9 cm³/mol. The van der Waals surface area contributed by atoms with E-state index in [0.29, 0.717) is 5.69 Å². The molecule has 0 aromatic heterocycles. The Kier molecular flexibility index (Phi) is 6.97. The van der Waals surface area contributed by atoms with E-state index in [9.17, 15) is 9.18 Å². The van der Waals surface area contributed by atoms with Crippen LogP contribution in [0.2, 0.25) is 0 Å². The Morgan fingerprint density at radius 2 is 1.96 bits per heavy atom. The van der Waals surface area contributed by atoms with Gasteiger partial charge in [-0.25, -0.2) is 4.39 Å². The van der Waals surface area contributed by atoms with Gasteiger partial charge in [-0.3, -0.25) is 4.79 Å². The summed E-state index contributed by atoms with van der Waals surface area (Å²) in [5.74, 6) is -0.376. The Balaban J connectivity index is 1.95. The van der Waals surface area contributed by atoms with E-state index in [-0.39, 0.29) is 37.5 Å². The lowest BCUT2D eigenvalue weighted by molar-refractivity contribution is -0.120. The van der Waals surface area contributed by atoms with E-state index < -0.39 is 5.82 Å². The number of aliphatic hydroxyl groups excluding tert-OH is 1. The maximum absolute atomic E-state index is 13.3. The van der Waals surface area contributed by atoms with Crippen LogP contribution in [-0.2, 0) is 4.79 Å². The molecule has 0 fully saturated rings. The normalized spacial score (nSPS) is 11.7. The molecule has 2 aromatic carbocycles. The quantitative estimate of drug-likeness (QED) is 0.677. The van der Waals surface area contributed by atoms with Gasteiger partial charge in [-0.15, -0.1) is 0 Å². The van der Waals surface area contributed by atoms with Crippen molar-refractivity contribution in [2.75, 3.05) is 25.1 Å². The molecule has 2 rings (SSSR count). The van der Waals surface area contributed by atoms with Crippen molar-refractivity contribution in [3.8, 4) is 5.75 Å². The first-order valence-electron chi connectivity index (χ1n) is 8.54. The SMILES string of the molecule is Cc1ccc(C(C)NC(=O)CNc2ccc(F)cc2OCCO)cc1C. The van der Waals surface area contributed by atoms with Crippen LogP contribution in [0.1, 0.15) is 29.7 Å². The van der Waals surface area contributed by atoms with Crippen LogP contribution in [0.25, 0.3) is 0 Å². The monoisotopic (exact) mass is 360 g/mol. The number of anilines is 1. The number of rotatable bonds is 8. The summed E-state index contributed by atoms with van der Waals surface area (Å²) in [6.07, 6.45) is 0. The average Bonchev–Trinajstić information content (AvgIpc) is 2.61. The molecular weight excluding hydrogens is 335 g/mol. The number of nitrogens with one attached hydrogen (secondary N) is 2. The van der Waals surface area contributed by atoms with Crippen LogP contribution in [0.5, 0.6) is 5.75 Å². The molecular formula is C20H25FN2O3. The molecule has 0 spiro atoms. The smallest absolute Gasteiger partial charge is 0.239 e. The third-order valence-electron chi connectivity index (χ3n) is 4.14. The van der Waals surface area contributed by atoms with E-state index >= 15 is 0 Å². The molecule has 26 heavy (non-hydrogen) atoms. The summed E-state index contributed by atoms with van der Waals surface area (Å²) in [5.41, 5.74) is 3.92. The maximum atomic E-state index is 13.3. The number of benzene rings is 2. The van der Waals surface area contributed by atoms with E-state index in [4.69, 9.17) is 9.84 Å². The van der Waals surface area contributed by atoms with Crippen molar-refractivity contribution >= 4 is 11.6 Å². The van der Waals surface area contributed by atoms with Crippen molar-refractivity contribution in [1.29, 1.82) is 0 Å². The molecule has 140 valence electrons. The summed E-state index contributed by atoms with van der Waals surface area (Å²) < 4.78 is 18.6. The lowest BCUT2D eigenvalue weighted by atomic mass is 10.0. The van der Waals surface area contributed by atoms with Gasteiger partial charge < -0.3 is 20.5 Å². The fraction of sp³-hybridized carbons (Fsp3) is 0.350. The number of ether oxygens (including phenoxy) is 1. The molecule has 0 saturated carbocycles. The summed E-state index contributed by atoms with van der Waals surface area (Å²) >= 11 is 0. The van der Waals surface area contributed by atoms with Crippen molar-refractivity contribution < 1.29 is 19.0 Å². The molecule has 1 atom stereocenters. The standard InChI is InChI=1S/C20H25FN2O3/c1-13-4-5-16(10-14(13)2)15(3)23-20(25)12-22-18-7-6-17(21)11-19(18)26-9-8-24/h4-7,10-11,15,22,24H,8-9,12H2,1-3H3,(H,23,25). The first-order valence-corrected chi connectivity index (χ1v) is 8.54. The Hall–Kier alpha value is -2.60. The highest BCUT2D eigenvalue weighted by Gasteiger charge is 2.12. The van der Waals surface area contributed by atoms with Crippen LogP contribution in [0.4, 0.5) is 10.1 Å². The number of carbonyl (C=O) groups is 1. The molecule has 1 unspecified atom stereocenters.